The van der Waals surface area contributed by atoms with Crippen molar-refractivity contribution in [1.82, 2.24) is 20.1 Å². The van der Waals surface area contributed by atoms with Gasteiger partial charge in [0.25, 0.3) is 11.8 Å². The first-order valence-corrected chi connectivity index (χ1v) is 16.3. The van der Waals surface area contributed by atoms with Crippen molar-refractivity contribution >= 4 is 44.1 Å². The normalized spacial score (nSPS) is 19.3. The third kappa shape index (κ3) is 7.13. The van der Waals surface area contributed by atoms with Crippen molar-refractivity contribution in [2.24, 2.45) is 0 Å². The smallest absolute Gasteiger partial charge is 0.272 e. The maximum atomic E-state index is 13.3. The Morgan fingerprint density at radius 2 is 1.63 bits per heavy atom. The van der Waals surface area contributed by atoms with E-state index in [2.05, 4.69) is 33.2 Å². The first-order valence-electron chi connectivity index (χ1n) is 14.1. The Hall–Kier alpha value is -3.62. The highest BCUT2D eigenvalue weighted by molar-refractivity contribution is 7.89. The molecule has 43 heavy (non-hydrogen) atoms. The highest BCUT2D eigenvalue weighted by Crippen LogP contribution is 2.38. The van der Waals surface area contributed by atoms with Gasteiger partial charge in [-0.1, -0.05) is 30.3 Å². The van der Waals surface area contributed by atoms with Crippen LogP contribution in [0.5, 0.6) is 0 Å². The van der Waals surface area contributed by atoms with Crippen molar-refractivity contribution in [3.05, 3.63) is 81.7 Å². The van der Waals surface area contributed by atoms with Crippen molar-refractivity contribution in [1.29, 1.82) is 0 Å². The van der Waals surface area contributed by atoms with Gasteiger partial charge in [-0.3, -0.25) is 30.1 Å². The third-order valence-electron chi connectivity index (χ3n) is 7.33. The van der Waals surface area contributed by atoms with Crippen molar-refractivity contribution in [3.8, 4) is 0 Å². The van der Waals surface area contributed by atoms with E-state index in [0.717, 1.165) is 23.5 Å². The van der Waals surface area contributed by atoms with Crippen LogP contribution in [0.1, 0.15) is 57.5 Å². The van der Waals surface area contributed by atoms with Crippen LogP contribution in [0.4, 0.5) is 5.00 Å². The first kappa shape index (κ1) is 30.8. The Bertz CT molecular complexity index is 1600. The van der Waals surface area contributed by atoms with Crippen LogP contribution in [0, 0.1) is 0 Å². The zero-order valence-corrected chi connectivity index (χ0v) is 25.9. The number of benzene rings is 2. The summed E-state index contributed by atoms with van der Waals surface area (Å²) in [6.45, 7) is 7.55. The fourth-order valence-corrected chi connectivity index (χ4v) is 8.27. The molecule has 1 aromatic heterocycles. The minimum atomic E-state index is -3.76. The van der Waals surface area contributed by atoms with Crippen molar-refractivity contribution in [2.45, 2.75) is 57.4 Å². The Morgan fingerprint density at radius 3 is 2.28 bits per heavy atom. The molecule has 3 N–H and O–H groups in total. The maximum absolute atomic E-state index is 13.3. The SMILES string of the molecule is CC(=O)NNC(=O)c1c(NC(=O)c2ccc(S(=O)(=O)N3CC(C)OC(C)C3)cc2)sc2c1CCN(Cc1ccccc1)C2. The molecule has 0 spiro atoms. The second-order valence-corrected chi connectivity index (χ2v) is 13.9. The lowest BCUT2D eigenvalue weighted by Gasteiger charge is -2.34. The fraction of sp³-hybridized carbons (Fsp3) is 0.367. The molecule has 0 radical (unpaired) electrons. The number of thiophene rings is 1. The predicted octanol–water partition coefficient (Wildman–Crippen LogP) is 3.14. The highest BCUT2D eigenvalue weighted by Gasteiger charge is 2.33. The van der Waals surface area contributed by atoms with E-state index in [-0.39, 0.29) is 35.8 Å². The maximum Gasteiger partial charge on any atom is 0.272 e. The van der Waals surface area contributed by atoms with Gasteiger partial charge < -0.3 is 10.1 Å². The fourth-order valence-electron chi connectivity index (χ4n) is 5.40. The molecule has 0 aliphatic carbocycles. The molecule has 11 nitrogen and oxygen atoms in total. The van der Waals surface area contributed by atoms with Crippen LogP contribution in [0.15, 0.2) is 59.5 Å². The number of rotatable bonds is 7. The standard InChI is InChI=1S/C30H35N5O6S2/c1-19-15-35(16-20(2)41-19)43(39,40)24-11-9-23(10-12-24)28(37)31-30-27(29(38)33-32-21(3)36)25-13-14-34(18-26(25)42-30)17-22-7-5-4-6-8-22/h4-12,19-20H,13-18H2,1-3H3,(H,31,37)(H,32,36)(H,33,38). The minimum absolute atomic E-state index is 0.0887. The number of fused-ring (bicyclic) bond motifs is 1. The molecule has 3 heterocycles. The molecule has 3 aromatic rings. The van der Waals surface area contributed by atoms with E-state index in [4.69, 9.17) is 4.74 Å². The van der Waals surface area contributed by atoms with Crippen LogP contribution in [0.2, 0.25) is 0 Å². The van der Waals surface area contributed by atoms with Gasteiger partial charge in [0.1, 0.15) is 5.00 Å². The number of nitrogens with one attached hydrogen (secondary N) is 3. The predicted molar refractivity (Wildman–Crippen MR) is 163 cm³/mol. The van der Waals surface area contributed by atoms with Gasteiger partial charge in [-0.05, 0) is 55.7 Å². The molecule has 5 rings (SSSR count). The third-order valence-corrected chi connectivity index (χ3v) is 10.3. The van der Waals surface area contributed by atoms with E-state index >= 15 is 0 Å². The molecule has 2 atom stereocenters. The summed E-state index contributed by atoms with van der Waals surface area (Å²) in [6, 6.07) is 15.9. The second-order valence-electron chi connectivity index (χ2n) is 10.8. The summed E-state index contributed by atoms with van der Waals surface area (Å²) < 4.78 is 33.5. The van der Waals surface area contributed by atoms with Gasteiger partial charge in [0.05, 0.1) is 22.7 Å². The second kappa shape index (κ2) is 12.9. The molecule has 0 saturated carbocycles. The van der Waals surface area contributed by atoms with E-state index in [1.165, 1.54) is 52.4 Å². The van der Waals surface area contributed by atoms with Crippen LogP contribution in [-0.2, 0) is 39.1 Å². The van der Waals surface area contributed by atoms with Gasteiger partial charge in [0, 0.05) is 50.1 Å². The zero-order chi connectivity index (χ0) is 30.7. The Labute approximate surface area is 255 Å². The van der Waals surface area contributed by atoms with Gasteiger partial charge in [-0.25, -0.2) is 8.42 Å². The number of hydrogen-bond acceptors (Lipinski definition) is 8. The van der Waals surface area contributed by atoms with Gasteiger partial charge in [0.2, 0.25) is 15.9 Å². The van der Waals surface area contributed by atoms with Crippen LogP contribution < -0.4 is 16.2 Å². The molecule has 1 saturated heterocycles. The molecular formula is C30H35N5O6S2. The van der Waals surface area contributed by atoms with Crippen molar-refractivity contribution in [3.63, 3.8) is 0 Å². The summed E-state index contributed by atoms with van der Waals surface area (Å²) in [6.07, 6.45) is 0.160. The number of hydrazine groups is 1. The molecule has 1 fully saturated rings. The first-order chi connectivity index (χ1) is 20.5. The summed E-state index contributed by atoms with van der Waals surface area (Å²) in [4.78, 5) is 41.3. The zero-order valence-electron chi connectivity index (χ0n) is 24.3. The molecule has 3 amide bonds. The Kier molecular flexibility index (Phi) is 9.28. The van der Waals surface area contributed by atoms with Crippen molar-refractivity contribution < 1.29 is 27.5 Å². The van der Waals surface area contributed by atoms with E-state index in [1.807, 2.05) is 32.0 Å². The monoisotopic (exact) mass is 625 g/mol. The number of carbonyl (C=O) groups is 3. The molecule has 13 heteroatoms. The molecule has 2 aliphatic heterocycles. The van der Waals surface area contributed by atoms with Crippen LogP contribution in [0.3, 0.4) is 0 Å². The van der Waals surface area contributed by atoms with E-state index in [0.29, 0.717) is 23.5 Å². The lowest BCUT2D eigenvalue weighted by atomic mass is 10.0. The summed E-state index contributed by atoms with van der Waals surface area (Å²) in [5, 5.41) is 3.23. The Morgan fingerprint density at radius 1 is 0.953 bits per heavy atom. The molecule has 0 bridgehead atoms. The number of amides is 3. The summed E-state index contributed by atoms with van der Waals surface area (Å²) in [7, 11) is -3.76. The molecule has 2 aliphatic rings. The lowest BCUT2D eigenvalue weighted by Crippen LogP contribution is -2.48. The van der Waals surface area contributed by atoms with E-state index in [9.17, 15) is 22.8 Å². The highest BCUT2D eigenvalue weighted by atomic mass is 32.2. The van der Waals surface area contributed by atoms with Gasteiger partial charge in [-0.15, -0.1) is 11.3 Å². The van der Waals surface area contributed by atoms with Gasteiger partial charge >= 0.3 is 0 Å². The summed E-state index contributed by atoms with van der Waals surface area (Å²) >= 11 is 1.33. The quantitative estimate of drug-likeness (QED) is 0.343. The van der Waals surface area contributed by atoms with Gasteiger partial charge in [-0.2, -0.15) is 4.31 Å². The van der Waals surface area contributed by atoms with Crippen LogP contribution >= 0.6 is 11.3 Å². The van der Waals surface area contributed by atoms with Crippen LogP contribution in [-0.4, -0.2) is 67.2 Å². The molecule has 2 unspecified atom stereocenters. The summed E-state index contributed by atoms with van der Waals surface area (Å²) in [5.74, 6) is -1.42. The van der Waals surface area contributed by atoms with Crippen LogP contribution in [0.25, 0.3) is 0 Å². The number of nitrogens with zero attached hydrogens (tertiary/aromatic N) is 2. The van der Waals surface area contributed by atoms with Crippen molar-refractivity contribution in [2.75, 3.05) is 25.0 Å². The largest absolute Gasteiger partial charge is 0.373 e. The number of carbonyl (C=O) groups excluding carboxylic acids is 3. The topological polar surface area (TPSA) is 137 Å². The van der Waals surface area contributed by atoms with Gasteiger partial charge in [0.15, 0.2) is 0 Å². The number of hydrogen-bond donors (Lipinski definition) is 3. The number of ether oxygens (including phenoxy) is 1. The lowest BCUT2D eigenvalue weighted by molar-refractivity contribution is -0.119. The average Bonchev–Trinajstić information content (AvgIpc) is 3.33. The number of sulfonamides is 1. The molecule has 228 valence electrons. The average molecular weight is 626 g/mol. The summed E-state index contributed by atoms with van der Waals surface area (Å²) in [5.41, 5.74) is 7.32. The minimum Gasteiger partial charge on any atom is -0.373 e. The number of morpholine rings is 1. The number of anilines is 1. The van der Waals surface area contributed by atoms with E-state index < -0.39 is 27.7 Å². The van der Waals surface area contributed by atoms with E-state index in [1.54, 1.807) is 0 Å². The molecule has 2 aromatic carbocycles. The molecular weight excluding hydrogens is 590 g/mol. The Balaban J connectivity index is 1.35.